The number of carbonyl (C=O) groups excluding carboxylic acids is 1. The second kappa shape index (κ2) is 9.10. The van der Waals surface area contributed by atoms with Crippen molar-refractivity contribution in [3.63, 3.8) is 0 Å². The van der Waals surface area contributed by atoms with Crippen LogP contribution in [-0.2, 0) is 11.3 Å². The lowest BCUT2D eigenvalue weighted by molar-refractivity contribution is -0.147. The lowest BCUT2D eigenvalue weighted by Crippen LogP contribution is -2.31. The number of carboxylic acids is 1. The zero-order chi connectivity index (χ0) is 22.7. The zero-order valence-corrected chi connectivity index (χ0v) is 18.5. The van der Waals surface area contributed by atoms with Crippen molar-refractivity contribution < 1.29 is 14.7 Å². The van der Waals surface area contributed by atoms with Crippen molar-refractivity contribution in [3.8, 4) is 11.1 Å². The first-order valence-corrected chi connectivity index (χ1v) is 10.8. The van der Waals surface area contributed by atoms with Gasteiger partial charge in [-0.3, -0.25) is 14.5 Å². The van der Waals surface area contributed by atoms with Gasteiger partial charge >= 0.3 is 5.97 Å². The molecule has 6 nitrogen and oxygen atoms in total. The van der Waals surface area contributed by atoms with Crippen molar-refractivity contribution in [3.05, 3.63) is 83.0 Å². The third kappa shape index (κ3) is 4.66. The Morgan fingerprint density at radius 1 is 1.12 bits per heavy atom. The minimum absolute atomic E-state index is 0.329. The molecule has 7 heteroatoms. The van der Waals surface area contributed by atoms with Gasteiger partial charge in [-0.15, -0.1) is 0 Å². The highest BCUT2D eigenvalue weighted by Gasteiger charge is 2.40. The van der Waals surface area contributed by atoms with E-state index in [9.17, 15) is 14.7 Å². The van der Waals surface area contributed by atoms with Crippen LogP contribution in [0.15, 0.2) is 66.9 Å². The number of nitrogens with zero attached hydrogens (tertiary/aromatic N) is 2. The Labute approximate surface area is 191 Å². The third-order valence-corrected chi connectivity index (χ3v) is 6.28. The van der Waals surface area contributed by atoms with Crippen LogP contribution in [-0.4, -0.2) is 40.0 Å². The fourth-order valence-electron chi connectivity index (χ4n) is 3.95. The fourth-order valence-corrected chi connectivity index (χ4v) is 4.27. The molecule has 0 radical (unpaired) electrons. The Morgan fingerprint density at radius 3 is 2.56 bits per heavy atom. The van der Waals surface area contributed by atoms with Gasteiger partial charge in [0.25, 0.3) is 5.91 Å². The first-order valence-electron chi connectivity index (χ1n) is 10.4. The predicted octanol–water partition coefficient (Wildman–Crippen LogP) is 4.95. The van der Waals surface area contributed by atoms with Crippen molar-refractivity contribution >= 4 is 29.3 Å². The Bertz CT molecular complexity index is 1130. The average molecular weight is 450 g/mol. The molecule has 1 aliphatic rings. The Balaban J connectivity index is 1.42. The summed E-state index contributed by atoms with van der Waals surface area (Å²) in [7, 11) is 0. The lowest BCUT2D eigenvalue weighted by Gasteiger charge is -2.20. The van der Waals surface area contributed by atoms with Crippen LogP contribution in [0.1, 0.15) is 29.3 Å². The van der Waals surface area contributed by atoms with E-state index in [0.29, 0.717) is 35.9 Å². The van der Waals surface area contributed by atoms with Gasteiger partial charge in [-0.1, -0.05) is 60.1 Å². The van der Waals surface area contributed by atoms with Crippen LogP contribution in [0, 0.1) is 5.41 Å². The van der Waals surface area contributed by atoms with Gasteiger partial charge in [0.15, 0.2) is 0 Å². The van der Waals surface area contributed by atoms with Gasteiger partial charge in [-0.2, -0.15) is 0 Å². The molecule has 1 atom stereocenters. The third-order valence-electron chi connectivity index (χ3n) is 5.87. The summed E-state index contributed by atoms with van der Waals surface area (Å²) in [5.74, 6) is -0.660. The van der Waals surface area contributed by atoms with Crippen LogP contribution in [0.3, 0.4) is 0 Å². The smallest absolute Gasteiger partial charge is 0.310 e. The van der Waals surface area contributed by atoms with E-state index in [1.165, 1.54) is 0 Å². The van der Waals surface area contributed by atoms with Crippen LogP contribution < -0.4 is 5.32 Å². The molecule has 3 aromatic rings. The highest BCUT2D eigenvalue weighted by molar-refractivity contribution is 6.37. The first kappa shape index (κ1) is 22.0. The molecule has 4 rings (SSSR count). The molecule has 164 valence electrons. The van der Waals surface area contributed by atoms with Crippen LogP contribution >= 0.6 is 11.6 Å². The monoisotopic (exact) mass is 449 g/mol. The van der Waals surface area contributed by atoms with E-state index in [2.05, 4.69) is 15.2 Å². The first-order chi connectivity index (χ1) is 15.4. The number of halogens is 1. The maximum Gasteiger partial charge on any atom is 0.310 e. The quantitative estimate of drug-likeness (QED) is 0.556. The topological polar surface area (TPSA) is 82.5 Å². The summed E-state index contributed by atoms with van der Waals surface area (Å²) in [6.45, 7) is 3.65. The van der Waals surface area contributed by atoms with Gasteiger partial charge in [0.05, 0.1) is 16.0 Å². The van der Waals surface area contributed by atoms with Crippen LogP contribution in [0.4, 0.5) is 5.82 Å². The van der Waals surface area contributed by atoms with Gasteiger partial charge in [-0.05, 0) is 43.1 Å². The molecule has 1 saturated heterocycles. The van der Waals surface area contributed by atoms with Crippen LogP contribution in [0.25, 0.3) is 11.1 Å². The number of anilines is 1. The number of likely N-dealkylation sites (tertiary alicyclic amines) is 1. The zero-order valence-electron chi connectivity index (χ0n) is 17.7. The highest BCUT2D eigenvalue weighted by atomic mass is 35.5. The molecule has 0 unspecified atom stereocenters. The summed E-state index contributed by atoms with van der Waals surface area (Å²) >= 11 is 6.54. The van der Waals surface area contributed by atoms with Crippen molar-refractivity contribution in [2.24, 2.45) is 5.41 Å². The van der Waals surface area contributed by atoms with E-state index < -0.39 is 11.4 Å². The molecule has 2 aromatic carbocycles. The van der Waals surface area contributed by atoms with Crippen molar-refractivity contribution in [1.29, 1.82) is 0 Å². The maximum atomic E-state index is 12.8. The summed E-state index contributed by atoms with van der Waals surface area (Å²) in [5, 5.41) is 12.6. The number of rotatable bonds is 6. The van der Waals surface area contributed by atoms with Gasteiger partial charge in [0.1, 0.15) is 5.82 Å². The number of benzene rings is 2. The normalized spacial score (nSPS) is 18.4. The van der Waals surface area contributed by atoms with E-state index in [0.717, 1.165) is 23.2 Å². The Hall–Kier alpha value is -3.22. The summed E-state index contributed by atoms with van der Waals surface area (Å²) in [6.07, 6.45) is 2.33. The SMILES string of the molecule is C[C@]1(C(=O)O)CCN(Cc2ccc(NC(=O)c3cccc(-c4ccccc4)c3Cl)nc2)C1. The molecule has 32 heavy (non-hydrogen) atoms. The second-order valence-corrected chi connectivity index (χ2v) is 8.74. The number of aliphatic carboxylic acids is 1. The molecule has 0 aliphatic carbocycles. The molecular weight excluding hydrogens is 426 g/mol. The van der Waals surface area contributed by atoms with E-state index in [4.69, 9.17) is 11.6 Å². The second-order valence-electron chi connectivity index (χ2n) is 8.37. The number of carbonyl (C=O) groups is 2. The minimum atomic E-state index is -0.758. The van der Waals surface area contributed by atoms with E-state index in [1.807, 2.05) is 42.5 Å². The number of amides is 1. The van der Waals surface area contributed by atoms with Crippen molar-refractivity contribution in [2.45, 2.75) is 19.9 Å². The molecule has 0 bridgehead atoms. The molecule has 1 amide bonds. The predicted molar refractivity (Wildman–Crippen MR) is 125 cm³/mol. The summed E-state index contributed by atoms with van der Waals surface area (Å²) < 4.78 is 0. The largest absolute Gasteiger partial charge is 0.481 e. The summed E-state index contributed by atoms with van der Waals surface area (Å²) in [6, 6.07) is 18.7. The number of hydrogen-bond donors (Lipinski definition) is 2. The van der Waals surface area contributed by atoms with Crippen molar-refractivity contribution in [2.75, 3.05) is 18.4 Å². The molecule has 2 heterocycles. The maximum absolute atomic E-state index is 12.8. The number of hydrogen-bond acceptors (Lipinski definition) is 4. The highest BCUT2D eigenvalue weighted by Crippen LogP contribution is 2.32. The van der Waals surface area contributed by atoms with Gasteiger partial charge in [0, 0.05) is 24.8 Å². The average Bonchev–Trinajstić information content (AvgIpc) is 3.18. The van der Waals surface area contributed by atoms with Gasteiger partial charge in [0.2, 0.25) is 0 Å². The molecule has 1 aromatic heterocycles. The minimum Gasteiger partial charge on any atom is -0.481 e. The van der Waals surface area contributed by atoms with Crippen molar-refractivity contribution in [1.82, 2.24) is 9.88 Å². The number of pyridine rings is 1. The Morgan fingerprint density at radius 2 is 1.91 bits per heavy atom. The van der Waals surface area contributed by atoms with Gasteiger partial charge < -0.3 is 10.4 Å². The number of carboxylic acid groups (broad SMARTS) is 1. The number of nitrogens with one attached hydrogen (secondary N) is 1. The van der Waals surface area contributed by atoms with E-state index in [1.54, 1.807) is 31.3 Å². The van der Waals surface area contributed by atoms with Crippen LogP contribution in [0.5, 0.6) is 0 Å². The van der Waals surface area contributed by atoms with E-state index >= 15 is 0 Å². The molecule has 0 spiro atoms. The van der Waals surface area contributed by atoms with Crippen LogP contribution in [0.2, 0.25) is 5.02 Å². The fraction of sp³-hybridized carbons (Fsp3) is 0.240. The molecule has 0 saturated carbocycles. The summed E-state index contributed by atoms with van der Waals surface area (Å²) in [4.78, 5) is 30.7. The summed E-state index contributed by atoms with van der Waals surface area (Å²) in [5.41, 5.74) is 2.37. The molecule has 1 fully saturated rings. The molecule has 1 aliphatic heterocycles. The molecule has 2 N–H and O–H groups in total. The number of aromatic nitrogens is 1. The Kier molecular flexibility index (Phi) is 6.26. The standard InChI is InChI=1S/C25H24ClN3O3/c1-25(24(31)32)12-13-29(16-25)15-17-10-11-21(27-14-17)28-23(30)20-9-5-8-19(22(20)26)18-6-3-2-4-7-18/h2-11,14H,12-13,15-16H2,1H3,(H,31,32)(H,27,28,30)/t25-/m0/s1. The van der Waals surface area contributed by atoms with Gasteiger partial charge in [-0.25, -0.2) is 4.98 Å². The lowest BCUT2D eigenvalue weighted by atomic mass is 9.90. The molecular formula is C25H24ClN3O3. The van der Waals surface area contributed by atoms with E-state index in [-0.39, 0.29) is 5.91 Å².